The highest BCUT2D eigenvalue weighted by Crippen LogP contribution is 2.17. The first-order valence-corrected chi connectivity index (χ1v) is 7.59. The van der Waals surface area contributed by atoms with Crippen LogP contribution in [0, 0.1) is 18.2 Å². The van der Waals surface area contributed by atoms with Gasteiger partial charge in [-0.2, -0.15) is 0 Å². The van der Waals surface area contributed by atoms with Crippen molar-refractivity contribution in [3.8, 4) is 0 Å². The van der Waals surface area contributed by atoms with E-state index in [0.717, 1.165) is 6.07 Å². The summed E-state index contributed by atoms with van der Waals surface area (Å²) in [6.45, 7) is 6.87. The Balaban J connectivity index is 2.66. The Labute approximate surface area is 140 Å². The number of carboxylic acids is 1. The summed E-state index contributed by atoms with van der Waals surface area (Å²) in [5.41, 5.74) is 0.0186. The number of rotatable bonds is 6. The van der Waals surface area contributed by atoms with E-state index in [-0.39, 0.29) is 24.4 Å². The average Bonchev–Trinajstić information content (AvgIpc) is 2.46. The van der Waals surface area contributed by atoms with Crippen LogP contribution in [-0.4, -0.2) is 29.4 Å². The first kappa shape index (κ1) is 19.6. The molecule has 1 aromatic rings. The molecule has 0 aliphatic heterocycles. The molecule has 0 radical (unpaired) electrons. The molecule has 1 rings (SSSR count). The first-order chi connectivity index (χ1) is 11.0. The Morgan fingerprint density at radius 3 is 2.38 bits per heavy atom. The normalized spacial score (nSPS) is 12.4. The van der Waals surface area contributed by atoms with Crippen LogP contribution in [0.5, 0.6) is 0 Å². The minimum absolute atomic E-state index is 0.0498. The van der Waals surface area contributed by atoms with E-state index in [1.807, 2.05) is 0 Å². The highest BCUT2D eigenvalue weighted by molar-refractivity contribution is 5.85. The minimum atomic E-state index is -1.27. The molecule has 3 N–H and O–H groups in total. The topological polar surface area (TPSA) is 95.5 Å². The number of carbonyl (C=O) groups is 3. The van der Waals surface area contributed by atoms with Crippen molar-refractivity contribution in [2.45, 2.75) is 40.2 Å². The van der Waals surface area contributed by atoms with Crippen LogP contribution in [0.4, 0.5) is 4.39 Å². The number of benzene rings is 1. The quantitative estimate of drug-likeness (QED) is 0.738. The zero-order chi connectivity index (χ0) is 18.5. The summed E-state index contributed by atoms with van der Waals surface area (Å²) < 4.78 is 13.3. The summed E-state index contributed by atoms with van der Waals surface area (Å²) in [7, 11) is 0. The van der Waals surface area contributed by atoms with Crippen LogP contribution in [0.2, 0.25) is 0 Å². The second kappa shape index (κ2) is 7.90. The molecule has 1 aromatic carbocycles. The largest absolute Gasteiger partial charge is 0.479 e. The zero-order valence-corrected chi connectivity index (χ0v) is 14.3. The number of hydrogen-bond donors (Lipinski definition) is 3. The number of aliphatic carboxylic acids is 1. The van der Waals surface area contributed by atoms with Crippen molar-refractivity contribution < 1.29 is 23.9 Å². The Bertz CT molecular complexity index is 638. The van der Waals surface area contributed by atoms with Gasteiger partial charge in [0.25, 0.3) is 0 Å². The van der Waals surface area contributed by atoms with Crippen LogP contribution < -0.4 is 10.6 Å². The van der Waals surface area contributed by atoms with Gasteiger partial charge < -0.3 is 15.7 Å². The van der Waals surface area contributed by atoms with Crippen LogP contribution in [0.3, 0.4) is 0 Å². The van der Waals surface area contributed by atoms with Gasteiger partial charge in [0.1, 0.15) is 5.82 Å². The van der Waals surface area contributed by atoms with E-state index in [1.165, 1.54) is 19.1 Å². The molecule has 132 valence electrons. The van der Waals surface area contributed by atoms with Crippen molar-refractivity contribution >= 4 is 17.8 Å². The zero-order valence-electron chi connectivity index (χ0n) is 14.3. The fraction of sp³-hybridized carbons (Fsp3) is 0.471. The van der Waals surface area contributed by atoms with E-state index < -0.39 is 29.2 Å². The molecule has 0 spiro atoms. The average molecular weight is 338 g/mol. The number of carbonyl (C=O) groups excluding carboxylic acids is 2. The number of nitrogens with one attached hydrogen (secondary N) is 2. The molecule has 0 aliphatic rings. The molecule has 1 atom stereocenters. The molecule has 0 fully saturated rings. The molecule has 0 saturated carbocycles. The maximum atomic E-state index is 13.3. The lowest BCUT2D eigenvalue weighted by Gasteiger charge is -2.18. The molecule has 0 aliphatic carbocycles. The van der Waals surface area contributed by atoms with Gasteiger partial charge in [-0.15, -0.1) is 0 Å². The molecule has 24 heavy (non-hydrogen) atoms. The van der Waals surface area contributed by atoms with Crippen molar-refractivity contribution in [1.29, 1.82) is 0 Å². The molecule has 7 heteroatoms. The van der Waals surface area contributed by atoms with Gasteiger partial charge in [-0.25, -0.2) is 9.18 Å². The maximum absolute atomic E-state index is 13.3. The SMILES string of the molecule is Cc1cc(C(NC(=O)CCNC(=O)C(C)(C)C)C(=O)O)ccc1F. The second-order valence-corrected chi connectivity index (χ2v) is 6.60. The van der Waals surface area contributed by atoms with Crippen molar-refractivity contribution in [2.24, 2.45) is 5.41 Å². The molecule has 1 unspecified atom stereocenters. The highest BCUT2D eigenvalue weighted by Gasteiger charge is 2.24. The first-order valence-electron chi connectivity index (χ1n) is 7.59. The lowest BCUT2D eigenvalue weighted by atomic mass is 9.96. The van der Waals surface area contributed by atoms with Gasteiger partial charge in [0, 0.05) is 18.4 Å². The van der Waals surface area contributed by atoms with Crippen molar-refractivity contribution in [2.75, 3.05) is 6.54 Å². The lowest BCUT2D eigenvalue weighted by Crippen LogP contribution is -2.39. The molecule has 0 heterocycles. The fourth-order valence-corrected chi connectivity index (χ4v) is 1.92. The highest BCUT2D eigenvalue weighted by atomic mass is 19.1. The van der Waals surface area contributed by atoms with Gasteiger partial charge in [-0.1, -0.05) is 32.9 Å². The molecule has 0 saturated heterocycles. The summed E-state index contributed by atoms with van der Waals surface area (Å²) in [4.78, 5) is 35.0. The summed E-state index contributed by atoms with van der Waals surface area (Å²) in [6.07, 6.45) is -0.0498. The van der Waals surface area contributed by atoms with Crippen LogP contribution in [0.15, 0.2) is 18.2 Å². The van der Waals surface area contributed by atoms with Gasteiger partial charge in [0.15, 0.2) is 6.04 Å². The van der Waals surface area contributed by atoms with E-state index in [9.17, 15) is 23.9 Å². The molecule has 6 nitrogen and oxygen atoms in total. The predicted molar refractivity (Wildman–Crippen MR) is 86.7 cm³/mol. The van der Waals surface area contributed by atoms with Crippen LogP contribution in [0.25, 0.3) is 0 Å². The maximum Gasteiger partial charge on any atom is 0.330 e. The van der Waals surface area contributed by atoms with Crippen molar-refractivity contribution in [3.05, 3.63) is 35.1 Å². The molecule has 2 amide bonds. The summed E-state index contributed by atoms with van der Waals surface area (Å²) >= 11 is 0. The lowest BCUT2D eigenvalue weighted by molar-refractivity contribution is -0.142. The van der Waals surface area contributed by atoms with E-state index in [0.29, 0.717) is 5.56 Å². The molecule has 0 aromatic heterocycles. The minimum Gasteiger partial charge on any atom is -0.479 e. The number of amides is 2. The van der Waals surface area contributed by atoms with Gasteiger partial charge in [0.05, 0.1) is 0 Å². The van der Waals surface area contributed by atoms with E-state index >= 15 is 0 Å². The van der Waals surface area contributed by atoms with Crippen LogP contribution in [-0.2, 0) is 14.4 Å². The third-order valence-electron chi connectivity index (χ3n) is 3.39. The van der Waals surface area contributed by atoms with Crippen LogP contribution in [0.1, 0.15) is 44.4 Å². The third-order valence-corrected chi connectivity index (χ3v) is 3.39. The Morgan fingerprint density at radius 2 is 1.88 bits per heavy atom. The summed E-state index contributed by atoms with van der Waals surface area (Å²) in [5, 5.41) is 14.3. The summed E-state index contributed by atoms with van der Waals surface area (Å²) in [5.74, 6) is -2.40. The summed E-state index contributed by atoms with van der Waals surface area (Å²) in [6, 6.07) is 2.60. The number of aryl methyl sites for hydroxylation is 1. The third kappa shape index (κ3) is 5.64. The van der Waals surface area contributed by atoms with Crippen molar-refractivity contribution in [3.63, 3.8) is 0 Å². The van der Waals surface area contributed by atoms with Gasteiger partial charge >= 0.3 is 5.97 Å². The smallest absolute Gasteiger partial charge is 0.330 e. The number of carboxylic acid groups (broad SMARTS) is 1. The van der Waals surface area contributed by atoms with Gasteiger partial charge in [-0.3, -0.25) is 9.59 Å². The predicted octanol–water partition coefficient (Wildman–Crippen LogP) is 1.93. The van der Waals surface area contributed by atoms with E-state index in [4.69, 9.17) is 0 Å². The second-order valence-electron chi connectivity index (χ2n) is 6.60. The van der Waals surface area contributed by atoms with Crippen molar-refractivity contribution in [1.82, 2.24) is 10.6 Å². The molecule has 0 bridgehead atoms. The van der Waals surface area contributed by atoms with Gasteiger partial charge in [-0.05, 0) is 24.1 Å². The van der Waals surface area contributed by atoms with E-state index in [1.54, 1.807) is 20.8 Å². The number of hydrogen-bond acceptors (Lipinski definition) is 3. The van der Waals surface area contributed by atoms with Gasteiger partial charge in [0.2, 0.25) is 11.8 Å². The fourth-order valence-electron chi connectivity index (χ4n) is 1.92. The Morgan fingerprint density at radius 1 is 1.25 bits per heavy atom. The Kier molecular flexibility index (Phi) is 6.45. The standard InChI is InChI=1S/C17H23FN2O4/c1-10-9-11(5-6-12(10)18)14(15(22)23)20-13(21)7-8-19-16(24)17(2,3)4/h5-6,9,14H,7-8H2,1-4H3,(H,19,24)(H,20,21)(H,22,23). The molecular weight excluding hydrogens is 315 g/mol. The Hall–Kier alpha value is -2.44. The number of halogens is 1. The molecular formula is C17H23FN2O4. The van der Waals surface area contributed by atoms with E-state index in [2.05, 4.69) is 10.6 Å². The monoisotopic (exact) mass is 338 g/mol. The van der Waals surface area contributed by atoms with Crippen LogP contribution >= 0.6 is 0 Å².